The summed E-state index contributed by atoms with van der Waals surface area (Å²) in [5, 5.41) is 10.1. The molecule has 2 N–H and O–H groups in total. The van der Waals surface area contributed by atoms with Crippen LogP contribution in [0.4, 0.5) is 18.9 Å². The Morgan fingerprint density at radius 2 is 1.93 bits per heavy atom. The number of halogens is 3. The molecule has 152 valence electrons. The lowest BCUT2D eigenvalue weighted by Crippen LogP contribution is -2.37. The Morgan fingerprint density at radius 1 is 1.18 bits per heavy atom. The van der Waals surface area contributed by atoms with Gasteiger partial charge in [-0.15, -0.1) is 0 Å². The SMILES string of the molecule is CN=C(NCc1ccsc1)NCc1ccc(N2CCOCC2)cc1C(F)(F)F. The summed E-state index contributed by atoms with van der Waals surface area (Å²) in [6.45, 7) is 2.82. The van der Waals surface area contributed by atoms with Crippen LogP contribution in [0.5, 0.6) is 0 Å². The standard InChI is InChI=1S/C19H23F3N4OS/c1-23-18(24-11-14-4-9-28-13-14)25-12-15-2-3-16(10-17(15)19(20,21)22)26-5-7-27-8-6-26/h2-4,9-10,13H,5-8,11-12H2,1H3,(H2,23,24,25). The number of guanidine groups is 1. The van der Waals surface area contributed by atoms with E-state index < -0.39 is 11.7 Å². The molecule has 0 saturated carbocycles. The van der Waals surface area contributed by atoms with E-state index in [1.807, 2.05) is 21.7 Å². The molecule has 0 unspecified atom stereocenters. The highest BCUT2D eigenvalue weighted by Gasteiger charge is 2.34. The lowest BCUT2D eigenvalue weighted by molar-refractivity contribution is -0.138. The monoisotopic (exact) mass is 412 g/mol. The van der Waals surface area contributed by atoms with Crippen molar-refractivity contribution in [2.45, 2.75) is 19.3 Å². The number of benzene rings is 1. The number of rotatable bonds is 5. The molecule has 3 rings (SSSR count). The molecule has 0 amide bonds. The van der Waals surface area contributed by atoms with Gasteiger partial charge in [-0.25, -0.2) is 0 Å². The molecule has 1 saturated heterocycles. The van der Waals surface area contributed by atoms with Crippen molar-refractivity contribution in [1.82, 2.24) is 10.6 Å². The van der Waals surface area contributed by atoms with Crippen LogP contribution in [-0.2, 0) is 24.0 Å². The van der Waals surface area contributed by atoms with Gasteiger partial charge >= 0.3 is 6.18 Å². The number of nitrogens with zero attached hydrogens (tertiary/aromatic N) is 2. The molecule has 5 nitrogen and oxygen atoms in total. The lowest BCUT2D eigenvalue weighted by atomic mass is 10.0. The largest absolute Gasteiger partial charge is 0.416 e. The highest BCUT2D eigenvalue weighted by Crippen LogP contribution is 2.35. The summed E-state index contributed by atoms with van der Waals surface area (Å²) in [6, 6.07) is 6.48. The average Bonchev–Trinajstić information content (AvgIpc) is 3.22. The Morgan fingerprint density at radius 3 is 2.57 bits per heavy atom. The third-order valence-corrected chi connectivity index (χ3v) is 5.22. The molecule has 1 aliphatic heterocycles. The van der Waals surface area contributed by atoms with Gasteiger partial charge in [-0.05, 0) is 40.1 Å². The Hall–Kier alpha value is -2.26. The topological polar surface area (TPSA) is 48.9 Å². The van der Waals surface area contributed by atoms with Crippen LogP contribution in [0.25, 0.3) is 0 Å². The third kappa shape index (κ3) is 5.39. The van der Waals surface area contributed by atoms with Crippen molar-refractivity contribution in [3.05, 3.63) is 51.7 Å². The van der Waals surface area contributed by atoms with E-state index in [2.05, 4.69) is 15.6 Å². The van der Waals surface area contributed by atoms with Crippen LogP contribution < -0.4 is 15.5 Å². The summed E-state index contributed by atoms with van der Waals surface area (Å²) in [7, 11) is 1.59. The van der Waals surface area contributed by atoms with Gasteiger partial charge in [0.25, 0.3) is 0 Å². The van der Waals surface area contributed by atoms with Gasteiger partial charge in [-0.1, -0.05) is 6.07 Å². The molecule has 0 aliphatic carbocycles. The summed E-state index contributed by atoms with van der Waals surface area (Å²) in [5.41, 5.74) is 1.22. The number of hydrogen-bond donors (Lipinski definition) is 2. The van der Waals surface area contributed by atoms with Crippen LogP contribution in [0, 0.1) is 0 Å². The molecule has 1 fully saturated rings. The minimum absolute atomic E-state index is 0.0293. The second-order valence-electron chi connectivity index (χ2n) is 6.35. The Balaban J connectivity index is 1.69. The van der Waals surface area contributed by atoms with Gasteiger partial charge in [0, 0.05) is 38.9 Å². The maximum atomic E-state index is 13.6. The number of anilines is 1. The summed E-state index contributed by atoms with van der Waals surface area (Å²) in [6.07, 6.45) is -4.42. The van der Waals surface area contributed by atoms with Crippen molar-refractivity contribution >= 4 is 23.0 Å². The van der Waals surface area contributed by atoms with Gasteiger partial charge in [0.2, 0.25) is 0 Å². The molecular formula is C19H23F3N4OS. The Kier molecular flexibility index (Phi) is 6.79. The normalized spacial score (nSPS) is 15.6. The van der Waals surface area contributed by atoms with E-state index in [1.54, 1.807) is 24.5 Å². The average molecular weight is 412 g/mol. The molecule has 2 heterocycles. The predicted octanol–water partition coefficient (Wildman–Crippen LogP) is 3.47. The van der Waals surface area contributed by atoms with Crippen molar-refractivity contribution in [1.29, 1.82) is 0 Å². The van der Waals surface area contributed by atoms with Crippen LogP contribution in [0.3, 0.4) is 0 Å². The zero-order valence-electron chi connectivity index (χ0n) is 15.6. The van der Waals surface area contributed by atoms with Crippen molar-refractivity contribution in [3.8, 4) is 0 Å². The van der Waals surface area contributed by atoms with Crippen molar-refractivity contribution < 1.29 is 17.9 Å². The summed E-state index contributed by atoms with van der Waals surface area (Å²) < 4.78 is 46.1. The van der Waals surface area contributed by atoms with E-state index in [0.717, 1.165) is 5.56 Å². The predicted molar refractivity (Wildman–Crippen MR) is 106 cm³/mol. The first-order valence-corrected chi connectivity index (χ1v) is 9.90. The number of morpholine rings is 1. The number of thiophene rings is 1. The van der Waals surface area contributed by atoms with Crippen LogP contribution >= 0.6 is 11.3 Å². The number of nitrogens with one attached hydrogen (secondary N) is 2. The molecule has 28 heavy (non-hydrogen) atoms. The fourth-order valence-electron chi connectivity index (χ4n) is 2.98. The fourth-order valence-corrected chi connectivity index (χ4v) is 3.65. The van der Waals surface area contributed by atoms with Gasteiger partial charge < -0.3 is 20.3 Å². The second-order valence-corrected chi connectivity index (χ2v) is 7.13. The van der Waals surface area contributed by atoms with Crippen molar-refractivity contribution in [2.24, 2.45) is 4.99 Å². The van der Waals surface area contributed by atoms with Crippen molar-refractivity contribution in [3.63, 3.8) is 0 Å². The van der Waals surface area contributed by atoms with Gasteiger partial charge in [0.1, 0.15) is 0 Å². The zero-order chi connectivity index (χ0) is 20.0. The lowest BCUT2D eigenvalue weighted by Gasteiger charge is -2.29. The maximum absolute atomic E-state index is 13.6. The van der Waals surface area contributed by atoms with E-state index in [-0.39, 0.29) is 12.1 Å². The van der Waals surface area contributed by atoms with E-state index in [1.165, 1.54) is 12.1 Å². The molecule has 1 aliphatic rings. The molecule has 2 aromatic rings. The van der Waals surface area contributed by atoms with Gasteiger partial charge in [0.15, 0.2) is 5.96 Å². The van der Waals surface area contributed by atoms with E-state index in [4.69, 9.17) is 4.74 Å². The minimum atomic E-state index is -4.42. The quantitative estimate of drug-likeness (QED) is 0.583. The molecule has 0 bridgehead atoms. The second kappa shape index (κ2) is 9.29. The molecule has 1 aromatic heterocycles. The van der Waals surface area contributed by atoms with Crippen LogP contribution in [0.2, 0.25) is 0 Å². The summed E-state index contributed by atoms with van der Waals surface area (Å²) in [5.74, 6) is 0.455. The van der Waals surface area contributed by atoms with E-state index in [0.29, 0.717) is 44.5 Å². The first-order chi connectivity index (χ1) is 13.5. The fraction of sp³-hybridized carbons (Fsp3) is 0.421. The van der Waals surface area contributed by atoms with E-state index >= 15 is 0 Å². The van der Waals surface area contributed by atoms with Crippen molar-refractivity contribution in [2.75, 3.05) is 38.3 Å². The molecule has 0 spiro atoms. The molecule has 0 atom stereocenters. The van der Waals surface area contributed by atoms with Crippen LogP contribution in [0.15, 0.2) is 40.0 Å². The van der Waals surface area contributed by atoms with E-state index in [9.17, 15) is 13.2 Å². The summed E-state index contributed by atoms with van der Waals surface area (Å²) >= 11 is 1.59. The minimum Gasteiger partial charge on any atom is -0.378 e. The van der Waals surface area contributed by atoms with Crippen LogP contribution in [0.1, 0.15) is 16.7 Å². The number of ether oxygens (including phenoxy) is 1. The highest BCUT2D eigenvalue weighted by atomic mass is 32.1. The number of aliphatic imine (C=N–C) groups is 1. The number of hydrogen-bond acceptors (Lipinski definition) is 4. The number of alkyl halides is 3. The first-order valence-electron chi connectivity index (χ1n) is 8.96. The molecule has 1 aromatic carbocycles. The van der Waals surface area contributed by atoms with Gasteiger partial charge in [0.05, 0.1) is 18.8 Å². The molecule has 9 heteroatoms. The Labute approximate surface area is 166 Å². The first kappa shape index (κ1) is 20.5. The molecular weight excluding hydrogens is 389 g/mol. The molecule has 0 radical (unpaired) electrons. The van der Waals surface area contributed by atoms with Gasteiger partial charge in [-0.2, -0.15) is 24.5 Å². The van der Waals surface area contributed by atoms with Gasteiger partial charge in [-0.3, -0.25) is 4.99 Å². The highest BCUT2D eigenvalue weighted by molar-refractivity contribution is 7.07. The summed E-state index contributed by atoms with van der Waals surface area (Å²) in [4.78, 5) is 5.99. The maximum Gasteiger partial charge on any atom is 0.416 e. The Bertz CT molecular complexity index is 787. The smallest absolute Gasteiger partial charge is 0.378 e. The third-order valence-electron chi connectivity index (χ3n) is 4.49. The van der Waals surface area contributed by atoms with Crippen LogP contribution in [-0.4, -0.2) is 39.3 Å². The zero-order valence-corrected chi connectivity index (χ0v) is 16.4.